The molecule has 28 heavy (non-hydrogen) atoms. The molecule has 0 saturated carbocycles. The lowest BCUT2D eigenvalue weighted by molar-refractivity contribution is -0.113. The maximum absolute atomic E-state index is 12.2. The molecular formula is C18H17N5O4S. The van der Waals surface area contributed by atoms with E-state index in [1.807, 2.05) is 25.1 Å². The van der Waals surface area contributed by atoms with Crippen LogP contribution in [0.3, 0.4) is 0 Å². The molecule has 0 saturated heterocycles. The fourth-order valence-corrected chi connectivity index (χ4v) is 3.27. The third-order valence-corrected chi connectivity index (χ3v) is 4.74. The van der Waals surface area contributed by atoms with Crippen molar-refractivity contribution in [1.82, 2.24) is 20.2 Å². The number of carbonyl (C=O) groups is 1. The maximum Gasteiger partial charge on any atom is 0.234 e. The van der Waals surface area contributed by atoms with Crippen molar-refractivity contribution in [1.29, 1.82) is 0 Å². The highest BCUT2D eigenvalue weighted by Crippen LogP contribution is 2.34. The number of carbonyl (C=O) groups excluding carboxylic acids is 1. The number of anilines is 1. The first-order valence-corrected chi connectivity index (χ1v) is 9.55. The zero-order valence-electron chi connectivity index (χ0n) is 15.0. The number of nitrogens with one attached hydrogen (secondary N) is 1. The van der Waals surface area contributed by atoms with Crippen LogP contribution in [-0.2, 0) is 4.79 Å². The first-order valence-electron chi connectivity index (χ1n) is 8.57. The first-order chi connectivity index (χ1) is 13.7. The number of ether oxygens (including phenoxy) is 3. The van der Waals surface area contributed by atoms with Gasteiger partial charge in [-0.2, -0.15) is 4.68 Å². The second-order valence-electron chi connectivity index (χ2n) is 5.71. The highest BCUT2D eigenvalue weighted by Gasteiger charge is 2.17. The van der Waals surface area contributed by atoms with Gasteiger partial charge < -0.3 is 19.5 Å². The van der Waals surface area contributed by atoms with E-state index in [9.17, 15) is 4.79 Å². The summed E-state index contributed by atoms with van der Waals surface area (Å²) < 4.78 is 17.6. The Labute approximate surface area is 165 Å². The van der Waals surface area contributed by atoms with Gasteiger partial charge in [0.05, 0.1) is 18.0 Å². The predicted molar refractivity (Wildman–Crippen MR) is 102 cm³/mol. The van der Waals surface area contributed by atoms with Crippen LogP contribution in [0.25, 0.3) is 5.69 Å². The summed E-state index contributed by atoms with van der Waals surface area (Å²) in [5.74, 6) is 2.09. The van der Waals surface area contributed by atoms with Crippen LogP contribution in [0.2, 0.25) is 0 Å². The summed E-state index contributed by atoms with van der Waals surface area (Å²) >= 11 is 1.24. The number of fused-ring (bicyclic) bond motifs is 1. The third kappa shape index (κ3) is 4.01. The van der Waals surface area contributed by atoms with E-state index in [-0.39, 0.29) is 18.5 Å². The number of benzene rings is 2. The molecule has 144 valence electrons. The topological polar surface area (TPSA) is 100 Å². The molecule has 0 atom stereocenters. The molecule has 1 N–H and O–H groups in total. The van der Waals surface area contributed by atoms with Gasteiger partial charge in [-0.15, -0.1) is 5.10 Å². The van der Waals surface area contributed by atoms with E-state index in [0.29, 0.717) is 28.9 Å². The molecule has 0 aliphatic carbocycles. The summed E-state index contributed by atoms with van der Waals surface area (Å²) in [6, 6.07) is 12.6. The predicted octanol–water partition coefficient (Wildman–Crippen LogP) is 2.52. The molecule has 1 amide bonds. The molecule has 0 bridgehead atoms. The molecular weight excluding hydrogens is 382 g/mol. The molecule has 0 unspecified atom stereocenters. The number of tetrazole rings is 1. The summed E-state index contributed by atoms with van der Waals surface area (Å²) in [6.07, 6.45) is 0. The molecule has 1 aliphatic heterocycles. The summed E-state index contributed by atoms with van der Waals surface area (Å²) in [7, 11) is 0. The van der Waals surface area contributed by atoms with Gasteiger partial charge in [-0.3, -0.25) is 4.79 Å². The minimum atomic E-state index is -0.158. The largest absolute Gasteiger partial charge is 0.494 e. The van der Waals surface area contributed by atoms with Crippen molar-refractivity contribution in [2.45, 2.75) is 12.1 Å². The van der Waals surface area contributed by atoms with E-state index in [0.717, 1.165) is 11.4 Å². The van der Waals surface area contributed by atoms with Crippen molar-refractivity contribution in [2.75, 3.05) is 24.5 Å². The molecule has 1 aliphatic rings. The van der Waals surface area contributed by atoms with E-state index < -0.39 is 0 Å². The zero-order valence-corrected chi connectivity index (χ0v) is 15.8. The molecule has 10 heteroatoms. The Morgan fingerprint density at radius 1 is 1.21 bits per heavy atom. The second kappa shape index (κ2) is 8.17. The molecule has 0 radical (unpaired) electrons. The normalized spacial score (nSPS) is 12.0. The second-order valence-corrected chi connectivity index (χ2v) is 6.65. The Balaban J connectivity index is 1.38. The van der Waals surface area contributed by atoms with E-state index in [4.69, 9.17) is 14.2 Å². The average molecular weight is 399 g/mol. The van der Waals surface area contributed by atoms with Crippen LogP contribution >= 0.6 is 11.8 Å². The highest BCUT2D eigenvalue weighted by molar-refractivity contribution is 7.99. The van der Waals surface area contributed by atoms with Gasteiger partial charge in [0.15, 0.2) is 11.5 Å². The minimum absolute atomic E-state index is 0.158. The van der Waals surface area contributed by atoms with Crippen molar-refractivity contribution in [3.05, 3.63) is 42.5 Å². The van der Waals surface area contributed by atoms with Gasteiger partial charge in [0.1, 0.15) is 5.75 Å². The number of hydrogen-bond acceptors (Lipinski definition) is 8. The lowest BCUT2D eigenvalue weighted by atomic mass is 10.3. The molecule has 2 aromatic carbocycles. The summed E-state index contributed by atoms with van der Waals surface area (Å²) in [4.78, 5) is 12.2. The van der Waals surface area contributed by atoms with Gasteiger partial charge in [-0.1, -0.05) is 11.8 Å². The van der Waals surface area contributed by atoms with E-state index in [2.05, 4.69) is 20.8 Å². The van der Waals surface area contributed by atoms with Crippen LogP contribution < -0.4 is 19.5 Å². The van der Waals surface area contributed by atoms with Gasteiger partial charge in [0.25, 0.3) is 0 Å². The molecule has 1 aromatic heterocycles. The lowest BCUT2D eigenvalue weighted by Gasteiger charge is -2.07. The van der Waals surface area contributed by atoms with Crippen LogP contribution in [0.15, 0.2) is 47.6 Å². The lowest BCUT2D eigenvalue weighted by Crippen LogP contribution is -2.14. The van der Waals surface area contributed by atoms with Crippen molar-refractivity contribution in [3.8, 4) is 22.9 Å². The van der Waals surface area contributed by atoms with Gasteiger partial charge in [0.2, 0.25) is 17.9 Å². The summed E-state index contributed by atoms with van der Waals surface area (Å²) in [5, 5.41) is 15.0. The number of aromatic nitrogens is 4. The Morgan fingerprint density at radius 2 is 2.04 bits per heavy atom. The van der Waals surface area contributed by atoms with E-state index in [1.54, 1.807) is 28.9 Å². The Kier molecular flexibility index (Phi) is 5.29. The Hall–Kier alpha value is -3.27. The van der Waals surface area contributed by atoms with Crippen LogP contribution in [0.4, 0.5) is 5.69 Å². The van der Waals surface area contributed by atoms with Crippen molar-refractivity contribution >= 4 is 23.4 Å². The zero-order chi connectivity index (χ0) is 19.3. The van der Waals surface area contributed by atoms with Crippen LogP contribution in [0.5, 0.6) is 17.2 Å². The third-order valence-electron chi connectivity index (χ3n) is 3.82. The van der Waals surface area contributed by atoms with Crippen LogP contribution in [0, 0.1) is 0 Å². The van der Waals surface area contributed by atoms with Crippen LogP contribution in [-0.4, -0.2) is 45.3 Å². The maximum atomic E-state index is 12.2. The molecule has 0 spiro atoms. The molecule has 9 nitrogen and oxygen atoms in total. The van der Waals surface area contributed by atoms with Crippen LogP contribution in [0.1, 0.15) is 6.92 Å². The molecule has 4 rings (SSSR count). The summed E-state index contributed by atoms with van der Waals surface area (Å²) in [6.45, 7) is 2.71. The van der Waals surface area contributed by atoms with Crippen molar-refractivity contribution in [2.24, 2.45) is 0 Å². The number of nitrogens with zero attached hydrogens (tertiary/aromatic N) is 4. The molecule has 2 heterocycles. The van der Waals surface area contributed by atoms with Gasteiger partial charge in [-0.25, -0.2) is 0 Å². The van der Waals surface area contributed by atoms with Gasteiger partial charge in [-0.05, 0) is 53.7 Å². The number of thioether (sulfide) groups is 1. The van der Waals surface area contributed by atoms with E-state index in [1.165, 1.54) is 11.8 Å². The quantitative estimate of drug-likeness (QED) is 0.605. The fraction of sp³-hybridized carbons (Fsp3) is 0.222. The monoisotopic (exact) mass is 399 g/mol. The molecule has 0 fully saturated rings. The SMILES string of the molecule is CCOc1ccc(NC(=O)CSc2nnnn2-c2ccc3c(c2)OCO3)cc1. The number of hydrogen-bond donors (Lipinski definition) is 1. The fourth-order valence-electron chi connectivity index (χ4n) is 2.58. The first kappa shape index (κ1) is 18.1. The van der Waals surface area contributed by atoms with Gasteiger partial charge >= 0.3 is 0 Å². The van der Waals surface area contributed by atoms with Gasteiger partial charge in [0, 0.05) is 11.8 Å². The van der Waals surface area contributed by atoms with Crippen molar-refractivity contribution in [3.63, 3.8) is 0 Å². The smallest absolute Gasteiger partial charge is 0.234 e. The minimum Gasteiger partial charge on any atom is -0.494 e. The average Bonchev–Trinajstić information content (AvgIpc) is 3.36. The molecule has 3 aromatic rings. The van der Waals surface area contributed by atoms with Crippen molar-refractivity contribution < 1.29 is 19.0 Å². The number of amides is 1. The summed E-state index contributed by atoms with van der Waals surface area (Å²) in [5.41, 5.74) is 1.42. The standard InChI is InChI=1S/C18H17N5O4S/c1-2-25-14-6-3-12(4-7-14)19-17(24)10-28-18-20-21-22-23(18)13-5-8-15-16(9-13)27-11-26-15/h3-9H,2,10-11H2,1H3,(H,19,24). The number of rotatable bonds is 7. The highest BCUT2D eigenvalue weighted by atomic mass is 32.2. The van der Waals surface area contributed by atoms with E-state index >= 15 is 0 Å². The Bertz CT molecular complexity index is 976. The Morgan fingerprint density at radius 3 is 2.86 bits per heavy atom.